The van der Waals surface area contributed by atoms with E-state index in [0.29, 0.717) is 17.1 Å². The van der Waals surface area contributed by atoms with E-state index in [2.05, 4.69) is 12.2 Å². The number of unbranched alkanes of at least 4 members (excludes halogenated alkanes) is 1. The number of amides is 2. The summed E-state index contributed by atoms with van der Waals surface area (Å²) >= 11 is 0. The molecule has 0 aliphatic heterocycles. The van der Waals surface area contributed by atoms with Crippen molar-refractivity contribution in [3.8, 4) is 6.07 Å². The van der Waals surface area contributed by atoms with Crippen molar-refractivity contribution in [2.75, 3.05) is 16.0 Å². The Balaban J connectivity index is 2.17. The zero-order valence-electron chi connectivity index (χ0n) is 16.1. The van der Waals surface area contributed by atoms with Crippen LogP contribution in [-0.4, -0.2) is 11.8 Å². The Bertz CT molecular complexity index is 894. The molecular weight excluding hydrogens is 352 g/mol. The second kappa shape index (κ2) is 9.93. The number of rotatable bonds is 7. The number of hydrogen-bond acceptors (Lipinski definition) is 4. The van der Waals surface area contributed by atoms with Crippen molar-refractivity contribution >= 4 is 28.9 Å². The molecule has 0 spiro atoms. The summed E-state index contributed by atoms with van der Waals surface area (Å²) in [7, 11) is 0. The first kappa shape index (κ1) is 20.7. The van der Waals surface area contributed by atoms with Gasteiger partial charge in [0.25, 0.3) is 5.91 Å². The molecule has 0 unspecified atom stereocenters. The van der Waals surface area contributed by atoms with E-state index in [-0.39, 0.29) is 11.5 Å². The zero-order chi connectivity index (χ0) is 20.5. The highest BCUT2D eigenvalue weighted by Gasteiger charge is 2.15. The van der Waals surface area contributed by atoms with E-state index >= 15 is 0 Å². The van der Waals surface area contributed by atoms with Gasteiger partial charge in [0.05, 0.1) is 0 Å². The molecule has 2 aromatic carbocycles. The smallest absolute Gasteiger partial charge is 0.267 e. The van der Waals surface area contributed by atoms with E-state index in [1.807, 2.05) is 18.2 Å². The van der Waals surface area contributed by atoms with Crippen LogP contribution in [0.3, 0.4) is 0 Å². The van der Waals surface area contributed by atoms with Gasteiger partial charge >= 0.3 is 0 Å². The lowest BCUT2D eigenvalue weighted by molar-refractivity contribution is -0.116. The first-order chi connectivity index (χ1) is 13.4. The van der Waals surface area contributed by atoms with Gasteiger partial charge in [0, 0.05) is 30.2 Å². The van der Waals surface area contributed by atoms with Crippen molar-refractivity contribution in [2.45, 2.75) is 33.1 Å². The van der Waals surface area contributed by atoms with Crippen molar-refractivity contribution in [1.82, 2.24) is 0 Å². The summed E-state index contributed by atoms with van der Waals surface area (Å²) < 4.78 is 0. The van der Waals surface area contributed by atoms with Crippen LogP contribution in [0.5, 0.6) is 0 Å². The summed E-state index contributed by atoms with van der Waals surface area (Å²) in [5.41, 5.74) is 8.34. The number of nitrogen functional groups attached to an aromatic ring is 1. The van der Waals surface area contributed by atoms with Crippen molar-refractivity contribution in [2.24, 2.45) is 0 Å². The molecule has 2 aromatic rings. The second-order valence-corrected chi connectivity index (χ2v) is 6.39. The van der Waals surface area contributed by atoms with Crippen LogP contribution in [0.4, 0.5) is 17.1 Å². The van der Waals surface area contributed by atoms with Gasteiger partial charge in [-0.2, -0.15) is 5.26 Å². The average molecular weight is 376 g/mol. The molecule has 28 heavy (non-hydrogen) atoms. The van der Waals surface area contributed by atoms with E-state index in [1.54, 1.807) is 36.4 Å². The molecule has 0 saturated heterocycles. The van der Waals surface area contributed by atoms with E-state index in [9.17, 15) is 14.9 Å². The lowest BCUT2D eigenvalue weighted by atomic mass is 10.1. The van der Waals surface area contributed by atoms with Gasteiger partial charge in [-0.1, -0.05) is 25.5 Å². The Morgan fingerprint density at radius 1 is 1.14 bits per heavy atom. The normalized spacial score (nSPS) is 10.8. The molecule has 144 valence electrons. The van der Waals surface area contributed by atoms with Crippen molar-refractivity contribution in [1.29, 1.82) is 5.26 Å². The summed E-state index contributed by atoms with van der Waals surface area (Å²) in [6.45, 7) is 3.49. The van der Waals surface area contributed by atoms with Gasteiger partial charge in [-0.3, -0.25) is 14.5 Å². The number of aryl methyl sites for hydroxylation is 1. The maximum absolute atomic E-state index is 12.5. The number of carbonyl (C=O) groups excluding carboxylic acids is 2. The molecule has 0 heterocycles. The third-order valence-corrected chi connectivity index (χ3v) is 4.16. The lowest BCUT2D eigenvalue weighted by Crippen LogP contribution is -2.25. The lowest BCUT2D eigenvalue weighted by Gasteiger charge is -2.17. The number of anilines is 3. The van der Waals surface area contributed by atoms with Crippen LogP contribution < -0.4 is 16.0 Å². The molecular formula is C22H24N4O2. The third kappa shape index (κ3) is 5.71. The van der Waals surface area contributed by atoms with Gasteiger partial charge in [0.1, 0.15) is 11.6 Å². The van der Waals surface area contributed by atoms with Crippen LogP contribution in [0.25, 0.3) is 0 Å². The van der Waals surface area contributed by atoms with Gasteiger partial charge in [-0.15, -0.1) is 0 Å². The number of carbonyl (C=O) groups is 2. The number of nitrogens with two attached hydrogens (primary N) is 1. The Kier molecular flexibility index (Phi) is 7.35. The molecule has 0 radical (unpaired) electrons. The third-order valence-electron chi connectivity index (χ3n) is 4.16. The van der Waals surface area contributed by atoms with Crippen LogP contribution in [0, 0.1) is 11.3 Å². The monoisotopic (exact) mass is 376 g/mol. The summed E-state index contributed by atoms with van der Waals surface area (Å²) in [6.07, 6.45) is 4.45. The molecule has 0 saturated carbocycles. The first-order valence-corrected chi connectivity index (χ1v) is 9.12. The van der Waals surface area contributed by atoms with E-state index in [1.165, 1.54) is 23.6 Å². The molecule has 0 aliphatic carbocycles. The molecule has 0 aromatic heterocycles. The van der Waals surface area contributed by atoms with Gasteiger partial charge < -0.3 is 11.1 Å². The molecule has 3 N–H and O–H groups in total. The minimum Gasteiger partial charge on any atom is -0.399 e. The standard InChI is InChI=1S/C22H24N4O2/c1-3-4-5-17-6-10-20(11-7-17)25-22(28)18(14-23)15-26(16(2)27)21-12-8-19(24)9-13-21/h6-13,15H,3-5,24H2,1-2H3,(H,25,28)/b18-15-. The maximum atomic E-state index is 12.5. The molecule has 0 bridgehead atoms. The maximum Gasteiger partial charge on any atom is 0.267 e. The molecule has 6 heteroatoms. The Labute approximate surface area is 165 Å². The summed E-state index contributed by atoms with van der Waals surface area (Å²) in [4.78, 5) is 25.7. The summed E-state index contributed by atoms with van der Waals surface area (Å²) in [5, 5.41) is 12.1. The van der Waals surface area contributed by atoms with Gasteiger partial charge in [-0.05, 0) is 54.8 Å². The van der Waals surface area contributed by atoms with Crippen molar-refractivity contribution in [3.63, 3.8) is 0 Å². The van der Waals surface area contributed by atoms with Gasteiger partial charge in [0.2, 0.25) is 5.91 Å². The topological polar surface area (TPSA) is 99.2 Å². The fourth-order valence-corrected chi connectivity index (χ4v) is 2.58. The molecule has 0 fully saturated rings. The number of nitrogens with zero attached hydrogens (tertiary/aromatic N) is 2. The predicted octanol–water partition coefficient (Wildman–Crippen LogP) is 4.01. The van der Waals surface area contributed by atoms with E-state index < -0.39 is 5.91 Å². The van der Waals surface area contributed by atoms with Crippen LogP contribution in [0.1, 0.15) is 32.3 Å². The number of benzene rings is 2. The first-order valence-electron chi connectivity index (χ1n) is 9.12. The summed E-state index contributed by atoms with van der Waals surface area (Å²) in [5.74, 6) is -0.906. The van der Waals surface area contributed by atoms with Crippen LogP contribution in [0.2, 0.25) is 0 Å². The number of hydrogen-bond donors (Lipinski definition) is 2. The Morgan fingerprint density at radius 2 is 1.79 bits per heavy atom. The fraction of sp³-hybridized carbons (Fsp3) is 0.227. The Hall–Kier alpha value is -3.59. The Morgan fingerprint density at radius 3 is 2.32 bits per heavy atom. The number of nitrogens with one attached hydrogen (secondary N) is 1. The highest BCUT2D eigenvalue weighted by molar-refractivity contribution is 6.08. The van der Waals surface area contributed by atoms with Crippen molar-refractivity contribution < 1.29 is 9.59 Å². The summed E-state index contributed by atoms with van der Waals surface area (Å²) in [6, 6.07) is 16.0. The zero-order valence-corrected chi connectivity index (χ0v) is 16.1. The highest BCUT2D eigenvalue weighted by Crippen LogP contribution is 2.19. The minimum atomic E-state index is -0.578. The molecule has 2 rings (SSSR count). The molecule has 0 atom stereocenters. The van der Waals surface area contributed by atoms with Gasteiger partial charge in [-0.25, -0.2) is 0 Å². The largest absolute Gasteiger partial charge is 0.399 e. The van der Waals surface area contributed by atoms with Crippen LogP contribution >= 0.6 is 0 Å². The van der Waals surface area contributed by atoms with E-state index in [4.69, 9.17) is 5.73 Å². The molecule has 6 nitrogen and oxygen atoms in total. The molecule has 0 aliphatic rings. The second-order valence-electron chi connectivity index (χ2n) is 6.39. The number of nitriles is 1. The quantitative estimate of drug-likeness (QED) is 0.433. The minimum absolute atomic E-state index is 0.179. The SMILES string of the molecule is CCCCc1ccc(NC(=O)/C(C#N)=C\N(C(C)=O)c2ccc(N)cc2)cc1. The van der Waals surface area contributed by atoms with E-state index in [0.717, 1.165) is 19.3 Å². The fourth-order valence-electron chi connectivity index (χ4n) is 2.58. The van der Waals surface area contributed by atoms with Crippen LogP contribution in [-0.2, 0) is 16.0 Å². The van der Waals surface area contributed by atoms with Gasteiger partial charge in [0.15, 0.2) is 0 Å². The highest BCUT2D eigenvalue weighted by atomic mass is 16.2. The molecule has 2 amide bonds. The average Bonchev–Trinajstić information content (AvgIpc) is 2.69. The van der Waals surface area contributed by atoms with Crippen molar-refractivity contribution in [3.05, 3.63) is 65.9 Å². The predicted molar refractivity (Wildman–Crippen MR) is 111 cm³/mol. The van der Waals surface area contributed by atoms with Crippen LogP contribution in [0.15, 0.2) is 60.3 Å².